The Balaban J connectivity index is 2.16. The van der Waals surface area contributed by atoms with E-state index in [2.05, 4.69) is 18.9 Å². The van der Waals surface area contributed by atoms with Crippen LogP contribution in [0.4, 0.5) is 4.39 Å². The zero-order valence-electron chi connectivity index (χ0n) is 11.0. The van der Waals surface area contributed by atoms with Crippen molar-refractivity contribution < 1.29 is 4.39 Å². The summed E-state index contributed by atoms with van der Waals surface area (Å²) in [5, 5.41) is 4.52. The maximum atomic E-state index is 13.4. The van der Waals surface area contributed by atoms with E-state index in [1.54, 1.807) is 12.1 Å². The molecular weight excluding hydrogens is 265 g/mol. The number of benzene rings is 1. The van der Waals surface area contributed by atoms with Gasteiger partial charge in [-0.15, -0.1) is 0 Å². The Morgan fingerprint density at radius 1 is 1.37 bits per heavy atom. The van der Waals surface area contributed by atoms with Crippen LogP contribution in [0.5, 0.6) is 0 Å². The maximum Gasteiger partial charge on any atom is 0.142 e. The van der Waals surface area contributed by atoms with Gasteiger partial charge < -0.3 is 5.73 Å². The number of nitrogens with two attached hydrogens (primary N) is 1. The van der Waals surface area contributed by atoms with E-state index >= 15 is 0 Å². The second-order valence-electron chi connectivity index (χ2n) is 4.83. The number of aromatic nitrogens is 2. The molecule has 2 rings (SSSR count). The molecule has 1 aromatic heterocycles. The predicted octanol–water partition coefficient (Wildman–Crippen LogP) is 3.50. The molecule has 0 fully saturated rings. The quantitative estimate of drug-likeness (QED) is 0.932. The topological polar surface area (TPSA) is 43.8 Å². The lowest BCUT2D eigenvalue weighted by molar-refractivity contribution is 0.522. The molecule has 2 aromatic rings. The molecule has 1 unspecified atom stereocenters. The van der Waals surface area contributed by atoms with Crippen LogP contribution in [0.1, 0.15) is 37.2 Å². The third kappa shape index (κ3) is 3.14. The van der Waals surface area contributed by atoms with Gasteiger partial charge in [0, 0.05) is 24.7 Å². The van der Waals surface area contributed by atoms with Crippen LogP contribution in [0, 0.1) is 5.82 Å². The summed E-state index contributed by atoms with van der Waals surface area (Å²) in [5.74, 6) is -0.442. The smallest absolute Gasteiger partial charge is 0.142 e. The summed E-state index contributed by atoms with van der Waals surface area (Å²) in [6.45, 7) is 4.11. The van der Waals surface area contributed by atoms with Gasteiger partial charge in [0.15, 0.2) is 0 Å². The molecule has 5 heteroatoms. The highest BCUT2D eigenvalue weighted by atomic mass is 35.5. The van der Waals surface area contributed by atoms with Crippen LogP contribution in [0.3, 0.4) is 0 Å². The molecule has 0 aliphatic heterocycles. The Morgan fingerprint density at radius 3 is 2.74 bits per heavy atom. The highest BCUT2D eigenvalue weighted by Gasteiger charge is 2.15. The molecule has 0 saturated heterocycles. The molecule has 102 valence electrons. The summed E-state index contributed by atoms with van der Waals surface area (Å²) in [6.07, 6.45) is 2.45. The van der Waals surface area contributed by atoms with Crippen molar-refractivity contribution in [3.63, 3.8) is 0 Å². The Hall–Kier alpha value is -1.39. The van der Waals surface area contributed by atoms with Crippen molar-refractivity contribution in [2.75, 3.05) is 0 Å². The molecule has 19 heavy (non-hydrogen) atoms. The van der Waals surface area contributed by atoms with Crippen LogP contribution in [-0.2, 0) is 6.42 Å². The SMILES string of the molecule is CC(C)n1ccc(CC(N)c2cccc(F)c2Cl)n1. The lowest BCUT2D eigenvalue weighted by Gasteiger charge is -2.13. The monoisotopic (exact) mass is 281 g/mol. The zero-order valence-corrected chi connectivity index (χ0v) is 11.7. The standard InChI is InChI=1S/C14H17ClFN3/c1-9(2)19-7-6-10(18-19)8-13(17)11-4-3-5-12(16)14(11)15/h3-7,9,13H,8,17H2,1-2H3. The van der Waals surface area contributed by atoms with Gasteiger partial charge in [-0.3, -0.25) is 4.68 Å². The fraction of sp³-hybridized carbons (Fsp3) is 0.357. The van der Waals surface area contributed by atoms with E-state index in [9.17, 15) is 4.39 Å². The lowest BCUT2D eigenvalue weighted by Crippen LogP contribution is -2.15. The first kappa shape index (κ1) is 14.0. The Morgan fingerprint density at radius 2 is 2.11 bits per heavy atom. The van der Waals surface area contributed by atoms with Gasteiger partial charge in [0.1, 0.15) is 5.82 Å². The Bertz CT molecular complexity index is 566. The fourth-order valence-electron chi connectivity index (χ4n) is 1.92. The van der Waals surface area contributed by atoms with Crippen molar-refractivity contribution in [2.45, 2.75) is 32.4 Å². The minimum absolute atomic E-state index is 0.0956. The van der Waals surface area contributed by atoms with Crippen LogP contribution in [0.15, 0.2) is 30.5 Å². The van der Waals surface area contributed by atoms with Crippen molar-refractivity contribution in [1.29, 1.82) is 0 Å². The number of hydrogen-bond donors (Lipinski definition) is 1. The number of hydrogen-bond acceptors (Lipinski definition) is 2. The third-order valence-electron chi connectivity index (χ3n) is 3.00. The molecular formula is C14H17ClFN3. The first-order valence-corrected chi connectivity index (χ1v) is 6.60. The van der Waals surface area contributed by atoms with Gasteiger partial charge in [-0.25, -0.2) is 4.39 Å². The average molecular weight is 282 g/mol. The highest BCUT2D eigenvalue weighted by molar-refractivity contribution is 6.31. The summed E-state index contributed by atoms with van der Waals surface area (Å²) in [4.78, 5) is 0. The van der Waals surface area contributed by atoms with E-state index in [0.29, 0.717) is 18.0 Å². The van der Waals surface area contributed by atoms with E-state index in [4.69, 9.17) is 17.3 Å². The number of halogens is 2. The van der Waals surface area contributed by atoms with Crippen LogP contribution in [-0.4, -0.2) is 9.78 Å². The van der Waals surface area contributed by atoms with Gasteiger partial charge in [0.05, 0.1) is 10.7 Å². The Kier molecular flexibility index (Phi) is 4.22. The van der Waals surface area contributed by atoms with Gasteiger partial charge in [0.2, 0.25) is 0 Å². The summed E-state index contributed by atoms with van der Waals surface area (Å²) >= 11 is 5.93. The molecule has 1 atom stereocenters. The molecule has 0 radical (unpaired) electrons. The molecule has 0 saturated carbocycles. The maximum absolute atomic E-state index is 13.4. The first-order valence-electron chi connectivity index (χ1n) is 6.22. The van der Waals surface area contributed by atoms with Crippen molar-refractivity contribution >= 4 is 11.6 Å². The second-order valence-corrected chi connectivity index (χ2v) is 5.21. The molecule has 0 bridgehead atoms. The van der Waals surface area contributed by atoms with Gasteiger partial charge in [0.25, 0.3) is 0 Å². The summed E-state index contributed by atoms with van der Waals surface area (Å²) in [6, 6.07) is 6.55. The van der Waals surface area contributed by atoms with E-state index in [-0.39, 0.29) is 11.1 Å². The van der Waals surface area contributed by atoms with Gasteiger partial charge in [-0.1, -0.05) is 23.7 Å². The largest absolute Gasteiger partial charge is 0.324 e. The molecule has 0 aliphatic rings. The first-order chi connectivity index (χ1) is 8.99. The number of nitrogens with zero attached hydrogens (tertiary/aromatic N) is 2. The van der Waals surface area contributed by atoms with Crippen LogP contribution >= 0.6 is 11.6 Å². The molecule has 1 aromatic carbocycles. The third-order valence-corrected chi connectivity index (χ3v) is 3.40. The van der Waals surface area contributed by atoms with E-state index in [1.165, 1.54) is 6.07 Å². The minimum atomic E-state index is -0.442. The normalized spacial score (nSPS) is 12.9. The van der Waals surface area contributed by atoms with Gasteiger partial charge in [-0.2, -0.15) is 5.10 Å². The van der Waals surface area contributed by atoms with Crippen LogP contribution < -0.4 is 5.73 Å². The van der Waals surface area contributed by atoms with Crippen molar-refractivity contribution in [1.82, 2.24) is 9.78 Å². The second kappa shape index (κ2) is 5.72. The summed E-state index contributed by atoms with van der Waals surface area (Å²) in [7, 11) is 0. The van der Waals surface area contributed by atoms with Crippen molar-refractivity contribution in [3.8, 4) is 0 Å². The van der Waals surface area contributed by atoms with Crippen LogP contribution in [0.25, 0.3) is 0 Å². The molecule has 3 nitrogen and oxygen atoms in total. The van der Waals surface area contributed by atoms with E-state index < -0.39 is 5.82 Å². The van der Waals surface area contributed by atoms with Gasteiger partial charge >= 0.3 is 0 Å². The minimum Gasteiger partial charge on any atom is -0.324 e. The van der Waals surface area contributed by atoms with Crippen LogP contribution in [0.2, 0.25) is 5.02 Å². The highest BCUT2D eigenvalue weighted by Crippen LogP contribution is 2.26. The number of rotatable bonds is 4. The van der Waals surface area contributed by atoms with E-state index in [1.807, 2.05) is 16.9 Å². The zero-order chi connectivity index (χ0) is 14.0. The molecule has 0 aliphatic carbocycles. The van der Waals surface area contributed by atoms with Crippen molar-refractivity contribution in [2.24, 2.45) is 5.73 Å². The fourth-order valence-corrected chi connectivity index (χ4v) is 2.18. The molecule has 1 heterocycles. The molecule has 0 amide bonds. The predicted molar refractivity (Wildman–Crippen MR) is 74.7 cm³/mol. The summed E-state index contributed by atoms with van der Waals surface area (Å²) in [5.41, 5.74) is 7.57. The van der Waals surface area contributed by atoms with Gasteiger partial charge in [-0.05, 0) is 31.5 Å². The van der Waals surface area contributed by atoms with Crippen molar-refractivity contribution in [3.05, 3.63) is 52.6 Å². The lowest BCUT2D eigenvalue weighted by atomic mass is 10.0. The molecule has 2 N–H and O–H groups in total. The molecule has 0 spiro atoms. The average Bonchev–Trinajstić information content (AvgIpc) is 2.81. The Labute approximate surface area is 117 Å². The van der Waals surface area contributed by atoms with E-state index in [0.717, 1.165) is 5.69 Å². The summed E-state index contributed by atoms with van der Waals surface area (Å²) < 4.78 is 15.3.